The predicted molar refractivity (Wildman–Crippen MR) is 53.8 cm³/mol. The van der Waals surface area contributed by atoms with Crippen LogP contribution in [-0.4, -0.2) is 23.6 Å². The smallest absolute Gasteiger partial charge is 0.0272 e. The highest BCUT2D eigenvalue weighted by Gasteiger charge is 2.34. The molecule has 2 heterocycles. The molecule has 1 nitrogen and oxygen atoms in total. The second-order valence-electron chi connectivity index (χ2n) is 3.47. The fourth-order valence-corrected chi connectivity index (χ4v) is 3.33. The Kier molecular flexibility index (Phi) is 3.53. The van der Waals surface area contributed by atoms with Crippen LogP contribution in [0.4, 0.5) is 0 Å². The zero-order valence-electron chi connectivity index (χ0n) is 6.77. The summed E-state index contributed by atoms with van der Waals surface area (Å²) in [5.41, 5.74) is 0.586. The van der Waals surface area contributed by atoms with Crippen LogP contribution in [0, 0.1) is 0 Å². The van der Waals surface area contributed by atoms with Gasteiger partial charge in [0.2, 0.25) is 0 Å². The molecule has 11 heavy (non-hydrogen) atoms. The van der Waals surface area contributed by atoms with Crippen LogP contribution in [0.3, 0.4) is 0 Å². The number of rotatable bonds is 0. The lowest BCUT2D eigenvalue weighted by Crippen LogP contribution is -2.44. The van der Waals surface area contributed by atoms with Gasteiger partial charge in [0.15, 0.2) is 0 Å². The first kappa shape index (κ1) is 9.69. The van der Waals surface area contributed by atoms with Crippen LogP contribution in [0.5, 0.6) is 0 Å². The molecule has 0 amide bonds. The van der Waals surface area contributed by atoms with Crippen molar-refractivity contribution in [1.29, 1.82) is 0 Å². The van der Waals surface area contributed by atoms with Gasteiger partial charge in [-0.25, -0.2) is 0 Å². The molecule has 2 rings (SSSR count). The van der Waals surface area contributed by atoms with Gasteiger partial charge in [-0.05, 0) is 38.0 Å². The minimum atomic E-state index is 0. The largest absolute Gasteiger partial charge is 0.310 e. The lowest BCUT2D eigenvalue weighted by Gasteiger charge is -2.32. The number of halogens is 1. The molecule has 3 heteroatoms. The lowest BCUT2D eigenvalue weighted by molar-refractivity contribution is 0.381. The molecular formula is C8H16ClNS. The van der Waals surface area contributed by atoms with Crippen molar-refractivity contribution in [2.75, 3.05) is 18.1 Å². The highest BCUT2D eigenvalue weighted by Crippen LogP contribution is 2.33. The molecule has 66 valence electrons. The van der Waals surface area contributed by atoms with Crippen molar-refractivity contribution in [3.05, 3.63) is 0 Å². The third-order valence-corrected chi connectivity index (χ3v) is 3.99. The van der Waals surface area contributed by atoms with E-state index in [2.05, 4.69) is 17.1 Å². The third kappa shape index (κ3) is 2.04. The van der Waals surface area contributed by atoms with Gasteiger partial charge in [0.05, 0.1) is 0 Å². The van der Waals surface area contributed by atoms with Gasteiger partial charge in [-0.15, -0.1) is 12.4 Å². The third-order valence-electron chi connectivity index (χ3n) is 2.65. The molecule has 1 unspecified atom stereocenters. The maximum atomic E-state index is 3.65. The fraction of sp³-hybridized carbons (Fsp3) is 1.00. The number of thioether (sulfide) groups is 1. The normalized spacial score (nSPS) is 37.1. The van der Waals surface area contributed by atoms with Gasteiger partial charge in [-0.3, -0.25) is 0 Å². The van der Waals surface area contributed by atoms with E-state index in [4.69, 9.17) is 0 Å². The number of hydrogen-bond donors (Lipinski definition) is 1. The molecule has 2 fully saturated rings. The Balaban J connectivity index is 0.000000605. The molecule has 0 bridgehead atoms. The van der Waals surface area contributed by atoms with E-state index >= 15 is 0 Å². The summed E-state index contributed by atoms with van der Waals surface area (Å²) < 4.78 is 0. The van der Waals surface area contributed by atoms with Gasteiger partial charge in [0.25, 0.3) is 0 Å². The van der Waals surface area contributed by atoms with Gasteiger partial charge < -0.3 is 5.32 Å². The Morgan fingerprint density at radius 2 is 2.00 bits per heavy atom. The van der Waals surface area contributed by atoms with Crippen molar-refractivity contribution in [2.45, 2.75) is 31.2 Å². The zero-order chi connectivity index (χ0) is 6.86. The van der Waals surface area contributed by atoms with Crippen molar-refractivity contribution in [2.24, 2.45) is 0 Å². The molecule has 0 aromatic rings. The van der Waals surface area contributed by atoms with E-state index in [1.165, 1.54) is 43.7 Å². The summed E-state index contributed by atoms with van der Waals surface area (Å²) in [6.07, 6.45) is 5.69. The van der Waals surface area contributed by atoms with Crippen molar-refractivity contribution in [3.8, 4) is 0 Å². The molecule has 0 radical (unpaired) electrons. The van der Waals surface area contributed by atoms with E-state index in [9.17, 15) is 0 Å². The van der Waals surface area contributed by atoms with E-state index in [0.29, 0.717) is 5.54 Å². The van der Waals surface area contributed by atoms with Gasteiger partial charge in [-0.1, -0.05) is 0 Å². The van der Waals surface area contributed by atoms with Crippen molar-refractivity contribution < 1.29 is 0 Å². The van der Waals surface area contributed by atoms with Gasteiger partial charge in [-0.2, -0.15) is 11.8 Å². The molecule has 0 aromatic heterocycles. The first-order valence-electron chi connectivity index (χ1n) is 4.24. The maximum Gasteiger partial charge on any atom is 0.0272 e. The quantitative estimate of drug-likeness (QED) is 0.632. The van der Waals surface area contributed by atoms with Gasteiger partial charge in [0, 0.05) is 11.3 Å². The minimum absolute atomic E-state index is 0. The monoisotopic (exact) mass is 193 g/mol. The molecule has 2 aliphatic heterocycles. The van der Waals surface area contributed by atoms with Crippen LogP contribution >= 0.6 is 24.2 Å². The summed E-state index contributed by atoms with van der Waals surface area (Å²) in [5.74, 6) is 2.76. The van der Waals surface area contributed by atoms with Crippen LogP contribution in [-0.2, 0) is 0 Å². The highest BCUT2D eigenvalue weighted by atomic mass is 35.5. The summed E-state index contributed by atoms with van der Waals surface area (Å²) in [7, 11) is 0. The average molecular weight is 194 g/mol. The van der Waals surface area contributed by atoms with E-state index in [1.807, 2.05) is 0 Å². The molecule has 1 atom stereocenters. The Morgan fingerprint density at radius 1 is 1.18 bits per heavy atom. The number of hydrogen-bond acceptors (Lipinski definition) is 2. The SMILES string of the molecule is C1CNC2(C1)CCCSC2.Cl. The highest BCUT2D eigenvalue weighted by molar-refractivity contribution is 7.99. The summed E-state index contributed by atoms with van der Waals surface area (Å²) >= 11 is 2.13. The molecule has 2 aliphatic rings. The molecule has 2 saturated heterocycles. The second-order valence-corrected chi connectivity index (χ2v) is 4.57. The first-order chi connectivity index (χ1) is 4.91. The molecule has 0 aliphatic carbocycles. The second kappa shape index (κ2) is 4.01. The Hall–Kier alpha value is 0.600. The summed E-state index contributed by atoms with van der Waals surface area (Å²) in [6.45, 7) is 1.26. The number of nitrogens with one attached hydrogen (secondary N) is 1. The first-order valence-corrected chi connectivity index (χ1v) is 5.40. The Morgan fingerprint density at radius 3 is 2.55 bits per heavy atom. The molecule has 1 spiro atoms. The molecule has 0 aromatic carbocycles. The van der Waals surface area contributed by atoms with Gasteiger partial charge >= 0.3 is 0 Å². The van der Waals surface area contributed by atoms with E-state index in [-0.39, 0.29) is 12.4 Å². The van der Waals surface area contributed by atoms with E-state index in [0.717, 1.165) is 0 Å². The minimum Gasteiger partial charge on any atom is -0.310 e. The molecule has 1 N–H and O–H groups in total. The summed E-state index contributed by atoms with van der Waals surface area (Å²) in [5, 5.41) is 3.65. The van der Waals surface area contributed by atoms with Crippen molar-refractivity contribution in [3.63, 3.8) is 0 Å². The molecular weight excluding hydrogens is 178 g/mol. The lowest BCUT2D eigenvalue weighted by atomic mass is 9.94. The Labute approximate surface area is 79.1 Å². The van der Waals surface area contributed by atoms with Crippen LogP contribution in [0.1, 0.15) is 25.7 Å². The fourth-order valence-electron chi connectivity index (χ4n) is 2.06. The van der Waals surface area contributed by atoms with Crippen molar-refractivity contribution >= 4 is 24.2 Å². The summed E-state index contributed by atoms with van der Waals surface area (Å²) in [6, 6.07) is 0. The van der Waals surface area contributed by atoms with Crippen LogP contribution < -0.4 is 5.32 Å². The standard InChI is InChI=1S/C8H15NS.ClH/c1-3-8(9-5-1)4-2-6-10-7-8;/h9H,1-7H2;1H. The zero-order valence-corrected chi connectivity index (χ0v) is 8.40. The maximum absolute atomic E-state index is 3.65. The topological polar surface area (TPSA) is 12.0 Å². The average Bonchev–Trinajstić information content (AvgIpc) is 2.39. The van der Waals surface area contributed by atoms with Crippen LogP contribution in [0.2, 0.25) is 0 Å². The summed E-state index contributed by atoms with van der Waals surface area (Å²) in [4.78, 5) is 0. The van der Waals surface area contributed by atoms with Crippen LogP contribution in [0.15, 0.2) is 0 Å². The van der Waals surface area contributed by atoms with E-state index in [1.54, 1.807) is 0 Å². The van der Waals surface area contributed by atoms with Gasteiger partial charge in [0.1, 0.15) is 0 Å². The predicted octanol–water partition coefficient (Wildman–Crippen LogP) is 2.06. The van der Waals surface area contributed by atoms with Crippen LogP contribution in [0.25, 0.3) is 0 Å². The van der Waals surface area contributed by atoms with E-state index < -0.39 is 0 Å². The molecule has 0 saturated carbocycles. The Bertz CT molecular complexity index is 115. The van der Waals surface area contributed by atoms with Crippen molar-refractivity contribution in [1.82, 2.24) is 5.32 Å².